The predicted octanol–water partition coefficient (Wildman–Crippen LogP) is 4.56. The van der Waals surface area contributed by atoms with Crippen LogP contribution < -0.4 is 5.32 Å². The highest BCUT2D eigenvalue weighted by molar-refractivity contribution is 7.10. The summed E-state index contributed by atoms with van der Waals surface area (Å²) in [6.07, 6.45) is 5.74. The van der Waals surface area contributed by atoms with Crippen molar-refractivity contribution < 1.29 is 0 Å². The lowest BCUT2D eigenvalue weighted by molar-refractivity contribution is 0.425. The highest BCUT2D eigenvalue weighted by atomic mass is 32.1. The molecule has 0 saturated heterocycles. The fourth-order valence-electron chi connectivity index (χ4n) is 2.46. The van der Waals surface area contributed by atoms with Crippen molar-refractivity contribution in [1.29, 1.82) is 0 Å². The van der Waals surface area contributed by atoms with E-state index in [9.17, 15) is 0 Å². The Labute approximate surface area is 133 Å². The maximum Gasteiger partial charge on any atom is 0.123 e. The topological polar surface area (TPSA) is 40.7 Å². The molecule has 5 heteroatoms. The number of thiophene rings is 2. The second kappa shape index (κ2) is 7.02. The number of H-pyrrole nitrogens is 1. The second-order valence-electron chi connectivity index (χ2n) is 4.95. The smallest absolute Gasteiger partial charge is 0.123 e. The molecule has 0 aromatic carbocycles. The molecule has 0 aliphatic carbocycles. The van der Waals surface area contributed by atoms with E-state index < -0.39 is 0 Å². The number of rotatable bonds is 7. The first kappa shape index (κ1) is 14.5. The molecule has 3 rings (SSSR count). The molecule has 0 amide bonds. The highest BCUT2D eigenvalue weighted by Gasteiger charge is 2.20. The van der Waals surface area contributed by atoms with Gasteiger partial charge in [-0.25, -0.2) is 4.98 Å². The van der Waals surface area contributed by atoms with Crippen LogP contribution in [0.3, 0.4) is 0 Å². The Kier molecular flexibility index (Phi) is 4.85. The van der Waals surface area contributed by atoms with Crippen LogP contribution in [0.2, 0.25) is 0 Å². The fraction of sp³-hybridized carbons (Fsp3) is 0.312. The zero-order valence-electron chi connectivity index (χ0n) is 12.0. The van der Waals surface area contributed by atoms with Gasteiger partial charge in [-0.15, -0.1) is 22.7 Å². The molecule has 21 heavy (non-hydrogen) atoms. The van der Waals surface area contributed by atoms with Crippen molar-refractivity contribution in [3.05, 3.63) is 63.0 Å². The monoisotopic (exact) mass is 317 g/mol. The number of aromatic amines is 1. The molecule has 3 aromatic rings. The third-order valence-corrected chi connectivity index (χ3v) is 5.42. The van der Waals surface area contributed by atoms with Gasteiger partial charge in [0.25, 0.3) is 0 Å². The van der Waals surface area contributed by atoms with Gasteiger partial charge in [0.1, 0.15) is 5.82 Å². The third-order valence-electron chi connectivity index (χ3n) is 3.53. The van der Waals surface area contributed by atoms with Crippen molar-refractivity contribution in [1.82, 2.24) is 15.3 Å². The molecular weight excluding hydrogens is 298 g/mol. The van der Waals surface area contributed by atoms with E-state index in [-0.39, 0.29) is 6.04 Å². The van der Waals surface area contributed by atoms with Crippen LogP contribution in [0.25, 0.3) is 0 Å². The van der Waals surface area contributed by atoms with Gasteiger partial charge < -0.3 is 4.98 Å². The van der Waals surface area contributed by atoms with Crippen LogP contribution in [-0.2, 0) is 6.42 Å². The Morgan fingerprint density at radius 2 is 2.05 bits per heavy atom. The largest absolute Gasteiger partial charge is 0.347 e. The van der Waals surface area contributed by atoms with E-state index in [1.165, 1.54) is 9.75 Å². The summed E-state index contributed by atoms with van der Waals surface area (Å²) in [6.45, 7) is 2.19. The first-order valence-electron chi connectivity index (χ1n) is 7.18. The Balaban J connectivity index is 1.78. The van der Waals surface area contributed by atoms with Crippen molar-refractivity contribution in [2.45, 2.75) is 31.8 Å². The van der Waals surface area contributed by atoms with Crippen LogP contribution in [0.15, 0.2) is 47.4 Å². The number of nitrogens with one attached hydrogen (secondary N) is 2. The Hall–Kier alpha value is -1.43. The molecule has 2 atom stereocenters. The molecule has 110 valence electrons. The molecule has 0 aliphatic heterocycles. The van der Waals surface area contributed by atoms with E-state index in [1.807, 2.05) is 35.1 Å². The van der Waals surface area contributed by atoms with Gasteiger partial charge in [0.2, 0.25) is 0 Å². The Morgan fingerprint density at radius 1 is 1.19 bits per heavy atom. The molecule has 0 fully saturated rings. The molecule has 0 spiro atoms. The summed E-state index contributed by atoms with van der Waals surface area (Å²) in [5.41, 5.74) is 0. The summed E-state index contributed by atoms with van der Waals surface area (Å²) in [4.78, 5) is 10.4. The summed E-state index contributed by atoms with van der Waals surface area (Å²) < 4.78 is 0. The second-order valence-corrected chi connectivity index (χ2v) is 6.96. The predicted molar refractivity (Wildman–Crippen MR) is 89.8 cm³/mol. The lowest BCUT2D eigenvalue weighted by atomic mass is 10.1. The summed E-state index contributed by atoms with van der Waals surface area (Å²) in [7, 11) is 0. The van der Waals surface area contributed by atoms with Crippen LogP contribution in [0.1, 0.15) is 41.0 Å². The van der Waals surface area contributed by atoms with Gasteiger partial charge in [0.05, 0.1) is 6.04 Å². The van der Waals surface area contributed by atoms with Crippen molar-refractivity contribution in [3.63, 3.8) is 0 Å². The molecule has 0 radical (unpaired) electrons. The standard InChI is InChI=1S/C16H19N3S2/c1-2-13(16-17-7-8-18-16)19-14(15-6-4-10-21-15)11-12-5-3-9-20-12/h3-10,13-14,19H,2,11H2,1H3,(H,17,18). The van der Waals surface area contributed by atoms with E-state index in [4.69, 9.17) is 0 Å². The van der Waals surface area contributed by atoms with Crippen LogP contribution in [0.5, 0.6) is 0 Å². The van der Waals surface area contributed by atoms with E-state index in [0.29, 0.717) is 6.04 Å². The molecule has 3 aromatic heterocycles. The van der Waals surface area contributed by atoms with Crippen molar-refractivity contribution in [2.24, 2.45) is 0 Å². The van der Waals surface area contributed by atoms with Gasteiger partial charge in [-0.3, -0.25) is 5.32 Å². The SMILES string of the molecule is CCC(NC(Cc1cccs1)c1cccs1)c1ncc[nH]1. The quantitative estimate of drug-likeness (QED) is 0.671. The molecular formula is C16H19N3S2. The fourth-order valence-corrected chi connectivity index (χ4v) is 4.00. The van der Waals surface area contributed by atoms with E-state index >= 15 is 0 Å². The van der Waals surface area contributed by atoms with Gasteiger partial charge in [-0.1, -0.05) is 19.1 Å². The van der Waals surface area contributed by atoms with E-state index in [2.05, 4.69) is 57.2 Å². The lowest BCUT2D eigenvalue weighted by Crippen LogP contribution is -2.27. The van der Waals surface area contributed by atoms with Crippen molar-refractivity contribution in [2.75, 3.05) is 0 Å². The molecule has 0 saturated carbocycles. The minimum atomic E-state index is 0.257. The van der Waals surface area contributed by atoms with Crippen molar-refractivity contribution >= 4 is 22.7 Å². The Bertz CT molecular complexity index is 615. The van der Waals surface area contributed by atoms with Gasteiger partial charge in [0, 0.05) is 34.6 Å². The average Bonchev–Trinajstić information content (AvgIpc) is 3.26. The van der Waals surface area contributed by atoms with Gasteiger partial charge in [0.15, 0.2) is 0 Å². The summed E-state index contributed by atoms with van der Waals surface area (Å²) >= 11 is 3.64. The highest BCUT2D eigenvalue weighted by Crippen LogP contribution is 2.28. The van der Waals surface area contributed by atoms with Gasteiger partial charge in [-0.2, -0.15) is 0 Å². The van der Waals surface area contributed by atoms with E-state index in [0.717, 1.165) is 18.7 Å². The molecule has 3 heterocycles. The normalized spacial score (nSPS) is 14.1. The zero-order valence-corrected chi connectivity index (χ0v) is 13.6. The maximum atomic E-state index is 4.41. The molecule has 0 aliphatic rings. The van der Waals surface area contributed by atoms with Crippen LogP contribution in [-0.4, -0.2) is 9.97 Å². The summed E-state index contributed by atoms with van der Waals surface area (Å²) in [5, 5.41) is 8.06. The number of hydrogen-bond donors (Lipinski definition) is 2. The first-order chi connectivity index (χ1) is 10.4. The first-order valence-corrected chi connectivity index (χ1v) is 8.94. The van der Waals surface area contributed by atoms with Crippen LogP contribution in [0, 0.1) is 0 Å². The number of nitrogens with zero attached hydrogens (tertiary/aromatic N) is 1. The molecule has 2 unspecified atom stereocenters. The lowest BCUT2D eigenvalue weighted by Gasteiger charge is -2.23. The number of aromatic nitrogens is 2. The van der Waals surface area contributed by atoms with Gasteiger partial charge >= 0.3 is 0 Å². The minimum Gasteiger partial charge on any atom is -0.347 e. The summed E-state index contributed by atoms with van der Waals surface area (Å²) in [6, 6.07) is 9.25. The molecule has 0 bridgehead atoms. The van der Waals surface area contributed by atoms with Gasteiger partial charge in [-0.05, 0) is 29.3 Å². The molecule has 3 nitrogen and oxygen atoms in total. The summed E-state index contributed by atoms with van der Waals surface area (Å²) in [5.74, 6) is 1.02. The molecule has 2 N–H and O–H groups in total. The van der Waals surface area contributed by atoms with E-state index in [1.54, 1.807) is 0 Å². The Morgan fingerprint density at radius 3 is 2.67 bits per heavy atom. The van der Waals surface area contributed by atoms with Crippen LogP contribution in [0.4, 0.5) is 0 Å². The zero-order chi connectivity index (χ0) is 14.5. The maximum absolute atomic E-state index is 4.41. The third kappa shape index (κ3) is 3.61. The van der Waals surface area contributed by atoms with Crippen LogP contribution >= 0.6 is 22.7 Å². The average molecular weight is 317 g/mol. The minimum absolute atomic E-state index is 0.257. The van der Waals surface area contributed by atoms with Crippen molar-refractivity contribution in [3.8, 4) is 0 Å². The number of imidazole rings is 1. The number of hydrogen-bond acceptors (Lipinski definition) is 4.